The van der Waals surface area contributed by atoms with Crippen LogP contribution >= 0.6 is 10.7 Å². The number of aromatic nitrogens is 1. The van der Waals surface area contributed by atoms with Crippen molar-refractivity contribution < 1.29 is 16.8 Å². The molecule has 1 aromatic rings. The van der Waals surface area contributed by atoms with Gasteiger partial charge in [-0.1, -0.05) is 6.07 Å². The van der Waals surface area contributed by atoms with Gasteiger partial charge in [-0.2, -0.15) is 0 Å². The molecule has 0 atom stereocenters. The Bertz CT molecular complexity index is 580. The lowest BCUT2D eigenvalue weighted by molar-refractivity contribution is 0.589. The van der Waals surface area contributed by atoms with Crippen LogP contribution < -0.4 is 0 Å². The largest absolute Gasteiger partial charge is 0.242 e. The van der Waals surface area contributed by atoms with E-state index in [1.807, 2.05) is 0 Å². The third-order valence-corrected chi connectivity index (χ3v) is 4.80. The average Bonchev–Trinajstić information content (AvgIpc) is 2.14. The van der Waals surface area contributed by atoms with Crippen molar-refractivity contribution in [2.24, 2.45) is 0 Å². The highest BCUT2D eigenvalue weighted by molar-refractivity contribution is 8.14. The molecule has 0 aliphatic heterocycles. The second kappa shape index (κ2) is 4.68. The third-order valence-electron chi connectivity index (χ3n) is 1.78. The molecule has 5 nitrogen and oxygen atoms in total. The second-order valence-corrected chi connectivity index (χ2v) is 8.13. The van der Waals surface area contributed by atoms with E-state index in [1.54, 1.807) is 19.1 Å². The van der Waals surface area contributed by atoms with Crippen LogP contribution in [-0.4, -0.2) is 33.3 Å². The van der Waals surface area contributed by atoms with E-state index in [2.05, 4.69) is 4.98 Å². The average molecular weight is 284 g/mol. The second-order valence-electron chi connectivity index (χ2n) is 3.18. The van der Waals surface area contributed by atoms with Gasteiger partial charge in [-0.3, -0.25) is 0 Å². The molecule has 0 spiro atoms. The molecule has 1 rings (SSSR count). The molecule has 0 aliphatic carbocycles. The van der Waals surface area contributed by atoms with Crippen LogP contribution in [0.3, 0.4) is 0 Å². The Morgan fingerprint density at radius 1 is 1.19 bits per heavy atom. The standard InChI is InChI=1S/C8H10ClNO4S2/c1-7-3-2-4-8(10-7)15(11,12)5-6-16(9,13)14/h2-4H,5-6H2,1H3. The van der Waals surface area contributed by atoms with Crippen LogP contribution in [0.5, 0.6) is 0 Å². The Morgan fingerprint density at radius 2 is 1.81 bits per heavy atom. The number of aryl methyl sites for hydroxylation is 1. The Hall–Kier alpha value is -0.660. The molecule has 16 heavy (non-hydrogen) atoms. The van der Waals surface area contributed by atoms with Gasteiger partial charge in [0.2, 0.25) is 9.05 Å². The summed E-state index contributed by atoms with van der Waals surface area (Å²) in [6.45, 7) is 1.65. The molecule has 0 unspecified atom stereocenters. The van der Waals surface area contributed by atoms with E-state index in [-0.39, 0.29) is 5.03 Å². The number of halogens is 1. The molecule has 90 valence electrons. The molecule has 8 heteroatoms. The molecular formula is C8H10ClNO4S2. The fourth-order valence-corrected chi connectivity index (χ4v) is 4.02. The molecule has 0 fully saturated rings. The lowest BCUT2D eigenvalue weighted by Crippen LogP contribution is -2.15. The van der Waals surface area contributed by atoms with Gasteiger partial charge in [0.25, 0.3) is 0 Å². The lowest BCUT2D eigenvalue weighted by atomic mass is 10.4. The van der Waals surface area contributed by atoms with Crippen LogP contribution in [-0.2, 0) is 18.9 Å². The fraction of sp³-hybridized carbons (Fsp3) is 0.375. The van der Waals surface area contributed by atoms with E-state index in [4.69, 9.17) is 10.7 Å². The molecule has 0 amide bonds. The zero-order valence-electron chi connectivity index (χ0n) is 8.42. The monoisotopic (exact) mass is 283 g/mol. The number of sulfone groups is 1. The molecule has 0 radical (unpaired) electrons. The molecule has 0 saturated heterocycles. The van der Waals surface area contributed by atoms with Crippen LogP contribution in [0, 0.1) is 6.92 Å². The minimum atomic E-state index is -3.81. The van der Waals surface area contributed by atoms with E-state index >= 15 is 0 Å². The van der Waals surface area contributed by atoms with E-state index in [0.717, 1.165) is 0 Å². The van der Waals surface area contributed by atoms with Crippen LogP contribution in [0.4, 0.5) is 0 Å². The van der Waals surface area contributed by atoms with Crippen molar-refractivity contribution in [2.75, 3.05) is 11.5 Å². The van der Waals surface area contributed by atoms with Gasteiger partial charge in [-0.05, 0) is 19.1 Å². The fourth-order valence-electron chi connectivity index (χ4n) is 1.01. The SMILES string of the molecule is Cc1cccc(S(=O)(=O)CCS(=O)(=O)Cl)n1. The van der Waals surface area contributed by atoms with Gasteiger partial charge in [-0.15, -0.1) is 0 Å². The van der Waals surface area contributed by atoms with E-state index in [1.165, 1.54) is 6.07 Å². The molecule has 0 aromatic carbocycles. The molecular weight excluding hydrogens is 274 g/mol. The summed E-state index contributed by atoms with van der Waals surface area (Å²) in [6.07, 6.45) is 0. The number of nitrogens with zero attached hydrogens (tertiary/aromatic N) is 1. The predicted molar refractivity (Wildman–Crippen MR) is 60.7 cm³/mol. The molecule has 0 saturated carbocycles. The van der Waals surface area contributed by atoms with Crippen LogP contribution in [0.25, 0.3) is 0 Å². The number of rotatable bonds is 4. The van der Waals surface area contributed by atoms with Gasteiger partial charge >= 0.3 is 0 Å². The molecule has 0 N–H and O–H groups in total. The number of hydrogen-bond acceptors (Lipinski definition) is 5. The third kappa shape index (κ3) is 4.07. The topological polar surface area (TPSA) is 81.2 Å². The molecule has 1 heterocycles. The van der Waals surface area contributed by atoms with Crippen molar-refractivity contribution in [3.05, 3.63) is 23.9 Å². The Balaban J connectivity index is 2.95. The summed E-state index contributed by atoms with van der Waals surface area (Å²) >= 11 is 0. The van der Waals surface area contributed by atoms with Crippen molar-refractivity contribution in [2.45, 2.75) is 11.9 Å². The number of pyridine rings is 1. The van der Waals surface area contributed by atoms with E-state index in [9.17, 15) is 16.8 Å². The van der Waals surface area contributed by atoms with Gasteiger partial charge in [-0.25, -0.2) is 21.8 Å². The summed E-state index contributed by atoms with van der Waals surface area (Å²) in [6, 6.07) is 4.52. The predicted octanol–water partition coefficient (Wildman–Crippen LogP) is 0.732. The highest BCUT2D eigenvalue weighted by Crippen LogP contribution is 2.10. The first kappa shape index (κ1) is 13.4. The summed E-state index contributed by atoms with van der Waals surface area (Å²) in [4.78, 5) is 3.82. The van der Waals surface area contributed by atoms with Crippen molar-refractivity contribution >= 4 is 29.6 Å². The normalized spacial score (nSPS) is 12.6. The zero-order valence-corrected chi connectivity index (χ0v) is 10.8. The van der Waals surface area contributed by atoms with Crippen LogP contribution in [0.2, 0.25) is 0 Å². The quantitative estimate of drug-likeness (QED) is 0.761. The summed E-state index contributed by atoms with van der Waals surface area (Å²) in [5, 5.41) is -0.132. The lowest BCUT2D eigenvalue weighted by Gasteiger charge is -2.02. The minimum absolute atomic E-state index is 0.132. The Kier molecular flexibility index (Phi) is 3.92. The van der Waals surface area contributed by atoms with Gasteiger partial charge in [0.1, 0.15) is 0 Å². The van der Waals surface area contributed by atoms with E-state index < -0.39 is 30.4 Å². The van der Waals surface area contributed by atoms with Crippen molar-refractivity contribution in [1.29, 1.82) is 0 Å². The zero-order chi connectivity index (χ0) is 12.4. The maximum atomic E-state index is 11.6. The Morgan fingerprint density at radius 3 is 2.31 bits per heavy atom. The van der Waals surface area contributed by atoms with Gasteiger partial charge in [0.15, 0.2) is 14.9 Å². The summed E-state index contributed by atoms with van der Waals surface area (Å²) in [5.74, 6) is -1.18. The van der Waals surface area contributed by atoms with Crippen molar-refractivity contribution in [3.8, 4) is 0 Å². The first-order valence-corrected chi connectivity index (χ1v) is 8.42. The van der Waals surface area contributed by atoms with Crippen LogP contribution in [0.1, 0.15) is 5.69 Å². The maximum Gasteiger partial charge on any atom is 0.233 e. The Labute approximate surface area is 98.8 Å². The molecule has 1 aromatic heterocycles. The highest BCUT2D eigenvalue weighted by Gasteiger charge is 2.19. The maximum absolute atomic E-state index is 11.6. The summed E-state index contributed by atoms with van der Waals surface area (Å²) in [7, 11) is -2.56. The van der Waals surface area contributed by atoms with Gasteiger partial charge in [0, 0.05) is 16.4 Å². The summed E-state index contributed by atoms with van der Waals surface area (Å²) in [5.41, 5.74) is 0.551. The smallest absolute Gasteiger partial charge is 0.233 e. The van der Waals surface area contributed by atoms with Gasteiger partial charge < -0.3 is 0 Å². The van der Waals surface area contributed by atoms with Crippen molar-refractivity contribution in [1.82, 2.24) is 4.98 Å². The van der Waals surface area contributed by atoms with Gasteiger partial charge in [0.05, 0.1) is 11.5 Å². The minimum Gasteiger partial charge on any atom is -0.242 e. The van der Waals surface area contributed by atoms with E-state index in [0.29, 0.717) is 5.69 Å². The number of hydrogen-bond donors (Lipinski definition) is 0. The first-order valence-electron chi connectivity index (χ1n) is 4.29. The molecule has 0 bridgehead atoms. The highest BCUT2D eigenvalue weighted by atomic mass is 35.7. The van der Waals surface area contributed by atoms with Crippen LogP contribution in [0.15, 0.2) is 23.2 Å². The molecule has 0 aliphatic rings. The van der Waals surface area contributed by atoms with Crippen molar-refractivity contribution in [3.63, 3.8) is 0 Å². The first-order chi connectivity index (χ1) is 7.21. The summed E-state index contributed by atoms with van der Waals surface area (Å²) < 4.78 is 44.6.